The molecular weight excluding hydrogens is 266 g/mol. The molecule has 0 spiro atoms. The molecule has 0 saturated heterocycles. The molecule has 2 heterocycles. The maximum Gasteiger partial charge on any atom is 0.161 e. The van der Waals surface area contributed by atoms with Crippen LogP contribution >= 0.6 is 0 Å². The number of imidazole rings is 1. The van der Waals surface area contributed by atoms with Gasteiger partial charge in [0.05, 0.1) is 11.0 Å². The lowest BCUT2D eigenvalue weighted by Crippen LogP contribution is -1.95. The Morgan fingerprint density at radius 2 is 1.95 bits per heavy atom. The monoisotopic (exact) mass is 278 g/mol. The Balaban J connectivity index is 2.28. The molecule has 5 nitrogen and oxygen atoms in total. The van der Waals surface area contributed by atoms with Crippen molar-refractivity contribution in [3.8, 4) is 0 Å². The summed E-state index contributed by atoms with van der Waals surface area (Å²) in [5.41, 5.74) is 7.02. The van der Waals surface area contributed by atoms with Crippen molar-refractivity contribution in [3.05, 3.63) is 29.6 Å². The third-order valence-corrected chi connectivity index (χ3v) is 3.12. The van der Waals surface area contributed by atoms with Crippen LogP contribution in [0.5, 0.6) is 0 Å². The number of rotatable bonds is 3. The first-order valence-corrected chi connectivity index (χ1v) is 6.14. The van der Waals surface area contributed by atoms with Gasteiger partial charge in [-0.25, -0.2) is 18.7 Å². The lowest BCUT2D eigenvalue weighted by Gasteiger charge is -2.02. The van der Waals surface area contributed by atoms with Gasteiger partial charge in [0, 0.05) is 24.5 Å². The highest BCUT2D eigenvalue weighted by Gasteiger charge is 2.14. The standard InChI is InChI=1S/C13H12F2N4O/c14-7-4-6-9(5-8(7)15)17-13(16)12-11(6)18-10(19-12)2-1-3-20/h4-5,20H,1-3H2,(H2,16,17)(H,18,19). The van der Waals surface area contributed by atoms with E-state index in [0.717, 1.165) is 12.1 Å². The van der Waals surface area contributed by atoms with Gasteiger partial charge in [0.1, 0.15) is 11.3 Å². The number of pyridine rings is 1. The molecule has 4 N–H and O–H groups in total. The number of nitrogens with two attached hydrogens (primary N) is 1. The average molecular weight is 278 g/mol. The van der Waals surface area contributed by atoms with E-state index >= 15 is 0 Å². The van der Waals surface area contributed by atoms with Gasteiger partial charge in [0.25, 0.3) is 0 Å². The number of anilines is 1. The first kappa shape index (κ1) is 12.7. The predicted octanol–water partition coefficient (Wildman–Crippen LogP) is 1.90. The fourth-order valence-electron chi connectivity index (χ4n) is 2.18. The van der Waals surface area contributed by atoms with Crippen LogP contribution in [0.2, 0.25) is 0 Å². The number of halogens is 2. The van der Waals surface area contributed by atoms with Gasteiger partial charge in [-0.05, 0) is 12.5 Å². The second kappa shape index (κ2) is 4.68. The lowest BCUT2D eigenvalue weighted by molar-refractivity contribution is 0.287. The number of aryl methyl sites for hydroxylation is 1. The Morgan fingerprint density at radius 3 is 2.70 bits per heavy atom. The van der Waals surface area contributed by atoms with Crippen LogP contribution in [0, 0.1) is 11.6 Å². The van der Waals surface area contributed by atoms with Gasteiger partial charge in [-0.2, -0.15) is 0 Å². The summed E-state index contributed by atoms with van der Waals surface area (Å²) >= 11 is 0. The van der Waals surface area contributed by atoms with Crippen molar-refractivity contribution in [1.29, 1.82) is 0 Å². The molecule has 0 saturated carbocycles. The van der Waals surface area contributed by atoms with Gasteiger partial charge in [-0.1, -0.05) is 0 Å². The largest absolute Gasteiger partial charge is 0.396 e. The van der Waals surface area contributed by atoms with Crippen LogP contribution in [0.15, 0.2) is 12.1 Å². The Morgan fingerprint density at radius 1 is 1.20 bits per heavy atom. The van der Waals surface area contributed by atoms with Gasteiger partial charge >= 0.3 is 0 Å². The predicted molar refractivity (Wildman–Crippen MR) is 71.1 cm³/mol. The minimum Gasteiger partial charge on any atom is -0.396 e. The summed E-state index contributed by atoms with van der Waals surface area (Å²) < 4.78 is 26.6. The molecule has 20 heavy (non-hydrogen) atoms. The summed E-state index contributed by atoms with van der Waals surface area (Å²) in [5, 5.41) is 9.25. The molecule has 3 rings (SSSR count). The molecule has 0 atom stereocenters. The van der Waals surface area contributed by atoms with Crippen LogP contribution in [0.4, 0.5) is 14.6 Å². The van der Waals surface area contributed by atoms with Crippen LogP contribution < -0.4 is 5.73 Å². The first-order valence-electron chi connectivity index (χ1n) is 6.14. The number of fused-ring (bicyclic) bond motifs is 3. The molecule has 0 aliphatic rings. The van der Waals surface area contributed by atoms with E-state index in [1.54, 1.807) is 0 Å². The van der Waals surface area contributed by atoms with Crippen molar-refractivity contribution in [1.82, 2.24) is 15.0 Å². The molecule has 0 amide bonds. The Kier molecular flexibility index (Phi) is 2.98. The van der Waals surface area contributed by atoms with Gasteiger partial charge in [0.2, 0.25) is 0 Å². The SMILES string of the molecule is Nc1nc2cc(F)c(F)cc2c2[nH]c(CCCO)nc12. The van der Waals surface area contributed by atoms with E-state index in [-0.39, 0.29) is 17.9 Å². The number of aliphatic hydroxyl groups excluding tert-OH is 1. The van der Waals surface area contributed by atoms with E-state index in [1.165, 1.54) is 0 Å². The zero-order valence-electron chi connectivity index (χ0n) is 10.5. The number of aromatic amines is 1. The number of nitrogen functional groups attached to an aromatic ring is 1. The fraction of sp³-hybridized carbons (Fsp3) is 0.231. The molecule has 0 aliphatic carbocycles. The van der Waals surface area contributed by atoms with Crippen molar-refractivity contribution >= 4 is 27.8 Å². The number of H-pyrrole nitrogens is 1. The van der Waals surface area contributed by atoms with E-state index in [4.69, 9.17) is 10.8 Å². The first-order chi connectivity index (χ1) is 9.60. The zero-order valence-corrected chi connectivity index (χ0v) is 10.5. The van der Waals surface area contributed by atoms with Crippen LogP contribution in [0.3, 0.4) is 0 Å². The lowest BCUT2D eigenvalue weighted by atomic mass is 10.2. The third-order valence-electron chi connectivity index (χ3n) is 3.12. The van der Waals surface area contributed by atoms with Crippen molar-refractivity contribution in [2.24, 2.45) is 0 Å². The van der Waals surface area contributed by atoms with Crippen molar-refractivity contribution in [2.75, 3.05) is 12.3 Å². The molecule has 1 aromatic carbocycles. The van der Waals surface area contributed by atoms with Crippen molar-refractivity contribution in [2.45, 2.75) is 12.8 Å². The maximum absolute atomic E-state index is 13.4. The van der Waals surface area contributed by atoms with Crippen LogP contribution in [-0.2, 0) is 6.42 Å². The number of benzene rings is 1. The molecule has 0 radical (unpaired) electrons. The molecule has 0 unspecified atom stereocenters. The molecule has 104 valence electrons. The average Bonchev–Trinajstić information content (AvgIpc) is 2.84. The molecule has 0 fully saturated rings. The number of aromatic nitrogens is 3. The van der Waals surface area contributed by atoms with Crippen molar-refractivity contribution in [3.63, 3.8) is 0 Å². The number of aliphatic hydroxyl groups is 1. The molecular formula is C13H12F2N4O. The topological polar surface area (TPSA) is 87.8 Å². The zero-order chi connectivity index (χ0) is 14.3. The van der Waals surface area contributed by atoms with Gasteiger partial charge in [0.15, 0.2) is 17.5 Å². The highest BCUT2D eigenvalue weighted by atomic mass is 19.2. The van der Waals surface area contributed by atoms with Crippen LogP contribution in [0.25, 0.3) is 21.9 Å². The maximum atomic E-state index is 13.4. The van der Waals surface area contributed by atoms with E-state index in [2.05, 4.69) is 15.0 Å². The molecule has 3 aromatic rings. The van der Waals surface area contributed by atoms with E-state index in [0.29, 0.717) is 35.1 Å². The summed E-state index contributed by atoms with van der Waals surface area (Å²) in [7, 11) is 0. The smallest absolute Gasteiger partial charge is 0.161 e. The second-order valence-corrected chi connectivity index (χ2v) is 4.51. The summed E-state index contributed by atoms with van der Waals surface area (Å²) in [6.07, 6.45) is 1.09. The van der Waals surface area contributed by atoms with E-state index in [1.807, 2.05) is 0 Å². The Labute approximate surface area is 112 Å². The summed E-state index contributed by atoms with van der Waals surface area (Å²) in [5.74, 6) is -1.13. The number of nitrogens with zero attached hydrogens (tertiary/aromatic N) is 2. The highest BCUT2D eigenvalue weighted by molar-refractivity contribution is 6.06. The number of hydrogen-bond donors (Lipinski definition) is 3. The Bertz CT molecular complexity index is 800. The second-order valence-electron chi connectivity index (χ2n) is 4.51. The number of hydrogen-bond acceptors (Lipinski definition) is 4. The fourth-order valence-corrected chi connectivity index (χ4v) is 2.18. The number of nitrogens with one attached hydrogen (secondary N) is 1. The van der Waals surface area contributed by atoms with Gasteiger partial charge in [-0.15, -0.1) is 0 Å². The summed E-state index contributed by atoms with van der Waals surface area (Å²) in [4.78, 5) is 11.3. The van der Waals surface area contributed by atoms with Crippen LogP contribution in [-0.4, -0.2) is 26.7 Å². The molecule has 7 heteroatoms. The van der Waals surface area contributed by atoms with Gasteiger partial charge < -0.3 is 15.8 Å². The quantitative estimate of drug-likeness (QED) is 0.682. The van der Waals surface area contributed by atoms with Gasteiger partial charge in [-0.3, -0.25) is 0 Å². The van der Waals surface area contributed by atoms with Crippen molar-refractivity contribution < 1.29 is 13.9 Å². The summed E-state index contributed by atoms with van der Waals surface area (Å²) in [6.45, 7) is 0.0470. The molecule has 2 aromatic heterocycles. The molecule has 0 aliphatic heterocycles. The third kappa shape index (κ3) is 1.96. The summed E-state index contributed by atoms with van der Waals surface area (Å²) in [6, 6.07) is 2.09. The minimum atomic E-state index is -0.969. The van der Waals surface area contributed by atoms with Crippen LogP contribution in [0.1, 0.15) is 12.2 Å². The normalized spacial score (nSPS) is 11.6. The Hall–Kier alpha value is -2.28. The van der Waals surface area contributed by atoms with E-state index in [9.17, 15) is 8.78 Å². The molecule has 0 bridgehead atoms. The highest BCUT2D eigenvalue weighted by Crippen LogP contribution is 2.27. The van der Waals surface area contributed by atoms with E-state index < -0.39 is 11.6 Å². The minimum absolute atomic E-state index is 0.0470.